The quantitative estimate of drug-likeness (QED) is 0.845. The van der Waals surface area contributed by atoms with Crippen molar-refractivity contribution in [2.24, 2.45) is 0 Å². The van der Waals surface area contributed by atoms with Gasteiger partial charge < -0.3 is 10.0 Å². The maximum absolute atomic E-state index is 9.12. The summed E-state index contributed by atoms with van der Waals surface area (Å²) in [7, 11) is 0. The Balaban J connectivity index is 1.61. The van der Waals surface area contributed by atoms with Crippen molar-refractivity contribution in [3.63, 3.8) is 0 Å². The van der Waals surface area contributed by atoms with E-state index in [1.165, 1.54) is 31.2 Å². The third kappa shape index (κ3) is 3.25. The minimum absolute atomic E-state index is 0.246. The van der Waals surface area contributed by atoms with Gasteiger partial charge in [0.1, 0.15) is 5.82 Å². The van der Waals surface area contributed by atoms with Crippen LogP contribution in [0, 0.1) is 0 Å². The number of anilines is 1. The van der Waals surface area contributed by atoms with Crippen LogP contribution in [0.5, 0.6) is 0 Å². The number of aliphatic hydroxyl groups is 1. The molecule has 1 N–H and O–H groups in total. The summed E-state index contributed by atoms with van der Waals surface area (Å²) in [6, 6.07) is 5.02. The Morgan fingerprint density at radius 1 is 1.26 bits per heavy atom. The van der Waals surface area contributed by atoms with E-state index in [1.54, 1.807) is 0 Å². The van der Waals surface area contributed by atoms with Crippen molar-refractivity contribution in [2.75, 3.05) is 31.1 Å². The number of aromatic nitrogens is 1. The molecule has 0 spiro atoms. The molecule has 0 amide bonds. The summed E-state index contributed by atoms with van der Waals surface area (Å²) in [6.45, 7) is 4.23. The zero-order valence-corrected chi connectivity index (χ0v) is 11.5. The van der Waals surface area contributed by atoms with Gasteiger partial charge in [-0.2, -0.15) is 0 Å². The van der Waals surface area contributed by atoms with E-state index < -0.39 is 0 Å². The summed E-state index contributed by atoms with van der Waals surface area (Å²) in [5, 5.41) is 9.12. The first-order valence-electron chi connectivity index (χ1n) is 7.41. The lowest BCUT2D eigenvalue weighted by Gasteiger charge is -2.21. The van der Waals surface area contributed by atoms with Crippen molar-refractivity contribution in [1.29, 1.82) is 0 Å². The summed E-state index contributed by atoms with van der Waals surface area (Å²) in [4.78, 5) is 9.32. The fourth-order valence-electron chi connectivity index (χ4n) is 2.84. The second-order valence-electron chi connectivity index (χ2n) is 5.64. The Morgan fingerprint density at radius 3 is 2.63 bits per heavy atom. The number of rotatable bonds is 6. The van der Waals surface area contributed by atoms with E-state index >= 15 is 0 Å². The molecule has 4 heteroatoms. The topological polar surface area (TPSA) is 39.6 Å². The Labute approximate surface area is 115 Å². The van der Waals surface area contributed by atoms with E-state index in [1.807, 2.05) is 6.20 Å². The number of aliphatic hydroxyl groups excluding tert-OH is 1. The van der Waals surface area contributed by atoms with Crippen molar-refractivity contribution < 1.29 is 5.11 Å². The first-order valence-corrected chi connectivity index (χ1v) is 7.41. The molecule has 2 aliphatic rings. The highest BCUT2D eigenvalue weighted by Crippen LogP contribution is 2.28. The van der Waals surface area contributed by atoms with Crippen LogP contribution < -0.4 is 4.90 Å². The minimum atomic E-state index is 0.246. The third-order valence-electron chi connectivity index (χ3n) is 4.08. The summed E-state index contributed by atoms with van der Waals surface area (Å²) in [5.41, 5.74) is 1.25. The Bertz CT molecular complexity index is 396. The molecule has 0 atom stereocenters. The molecule has 0 unspecified atom stereocenters. The first kappa shape index (κ1) is 12.9. The van der Waals surface area contributed by atoms with Crippen molar-refractivity contribution in [1.82, 2.24) is 9.88 Å². The van der Waals surface area contributed by atoms with Crippen LogP contribution in [0.4, 0.5) is 5.82 Å². The van der Waals surface area contributed by atoms with Gasteiger partial charge in [-0.25, -0.2) is 4.98 Å². The molecule has 1 saturated heterocycles. The van der Waals surface area contributed by atoms with Crippen LogP contribution in [0.1, 0.15) is 31.2 Å². The zero-order chi connectivity index (χ0) is 13.1. The summed E-state index contributed by atoms with van der Waals surface area (Å²) in [5.74, 6) is 1.11. The SMILES string of the molecule is OCCN(Cc1ccc(N2CCCC2)nc1)C1CC1. The third-order valence-corrected chi connectivity index (χ3v) is 4.08. The Hall–Kier alpha value is -1.13. The van der Waals surface area contributed by atoms with Gasteiger partial charge in [0.15, 0.2) is 0 Å². The smallest absolute Gasteiger partial charge is 0.128 e. The second kappa shape index (κ2) is 5.88. The van der Waals surface area contributed by atoms with Crippen molar-refractivity contribution >= 4 is 5.82 Å². The fourth-order valence-corrected chi connectivity index (χ4v) is 2.84. The Morgan fingerprint density at radius 2 is 2.05 bits per heavy atom. The van der Waals surface area contributed by atoms with E-state index in [-0.39, 0.29) is 6.61 Å². The van der Waals surface area contributed by atoms with E-state index in [9.17, 15) is 0 Å². The lowest BCUT2D eigenvalue weighted by atomic mass is 10.2. The molecular formula is C15H23N3O. The van der Waals surface area contributed by atoms with Gasteiger partial charge in [0.25, 0.3) is 0 Å². The van der Waals surface area contributed by atoms with Crippen LogP contribution in [0.15, 0.2) is 18.3 Å². The molecule has 3 rings (SSSR count). The van der Waals surface area contributed by atoms with Crippen LogP contribution in [0.3, 0.4) is 0 Å². The van der Waals surface area contributed by atoms with Crippen molar-refractivity contribution in [3.05, 3.63) is 23.9 Å². The summed E-state index contributed by atoms with van der Waals surface area (Å²) >= 11 is 0. The average Bonchev–Trinajstić information content (AvgIpc) is 3.14. The monoisotopic (exact) mass is 261 g/mol. The standard InChI is InChI=1S/C15H23N3O/c19-10-9-18(14-4-5-14)12-13-3-6-15(16-11-13)17-7-1-2-8-17/h3,6,11,14,19H,1-2,4-5,7-10,12H2. The Kier molecular flexibility index (Phi) is 3.99. The predicted molar refractivity (Wildman–Crippen MR) is 76.2 cm³/mol. The zero-order valence-electron chi connectivity index (χ0n) is 11.5. The molecule has 4 nitrogen and oxygen atoms in total. The van der Waals surface area contributed by atoms with Gasteiger partial charge in [-0.3, -0.25) is 4.90 Å². The highest BCUT2D eigenvalue weighted by atomic mass is 16.3. The molecule has 0 radical (unpaired) electrons. The molecule has 1 aliphatic heterocycles. The number of nitrogens with zero attached hydrogens (tertiary/aromatic N) is 3. The van der Waals surface area contributed by atoms with Gasteiger partial charge in [0.05, 0.1) is 6.61 Å². The van der Waals surface area contributed by atoms with Crippen LogP contribution in [-0.4, -0.2) is 47.3 Å². The predicted octanol–water partition coefficient (Wildman–Crippen LogP) is 1.64. The lowest BCUT2D eigenvalue weighted by Crippen LogP contribution is -2.28. The highest BCUT2D eigenvalue weighted by molar-refractivity contribution is 5.40. The molecule has 2 heterocycles. The maximum atomic E-state index is 9.12. The lowest BCUT2D eigenvalue weighted by molar-refractivity contribution is 0.183. The van der Waals surface area contributed by atoms with E-state index in [0.29, 0.717) is 6.04 Å². The van der Waals surface area contributed by atoms with Crippen molar-refractivity contribution in [2.45, 2.75) is 38.3 Å². The van der Waals surface area contributed by atoms with Gasteiger partial charge in [-0.15, -0.1) is 0 Å². The van der Waals surface area contributed by atoms with Gasteiger partial charge in [-0.1, -0.05) is 6.07 Å². The summed E-state index contributed by atoms with van der Waals surface area (Å²) < 4.78 is 0. The molecule has 104 valence electrons. The first-order chi connectivity index (χ1) is 9.36. The summed E-state index contributed by atoms with van der Waals surface area (Å²) in [6.07, 6.45) is 7.13. The van der Waals surface area contributed by atoms with E-state index in [4.69, 9.17) is 5.11 Å². The molecule has 0 bridgehead atoms. The molecule has 19 heavy (non-hydrogen) atoms. The van der Waals surface area contributed by atoms with Gasteiger partial charge in [-0.05, 0) is 37.3 Å². The number of pyridine rings is 1. The van der Waals surface area contributed by atoms with E-state index in [2.05, 4.69) is 26.9 Å². The average molecular weight is 261 g/mol. The number of hydrogen-bond donors (Lipinski definition) is 1. The minimum Gasteiger partial charge on any atom is -0.395 e. The number of hydrogen-bond acceptors (Lipinski definition) is 4. The molecule has 1 aromatic heterocycles. The largest absolute Gasteiger partial charge is 0.395 e. The van der Waals surface area contributed by atoms with Crippen LogP contribution in [0.2, 0.25) is 0 Å². The van der Waals surface area contributed by atoms with Crippen LogP contribution >= 0.6 is 0 Å². The molecule has 1 aliphatic carbocycles. The normalized spacial score (nSPS) is 19.4. The molecule has 0 aromatic carbocycles. The van der Waals surface area contributed by atoms with Crippen LogP contribution in [0.25, 0.3) is 0 Å². The molecule has 1 saturated carbocycles. The van der Waals surface area contributed by atoms with Crippen LogP contribution in [-0.2, 0) is 6.54 Å². The van der Waals surface area contributed by atoms with Gasteiger partial charge in [0, 0.05) is 38.4 Å². The van der Waals surface area contributed by atoms with Crippen molar-refractivity contribution in [3.8, 4) is 0 Å². The van der Waals surface area contributed by atoms with Gasteiger partial charge >= 0.3 is 0 Å². The molecular weight excluding hydrogens is 238 g/mol. The molecule has 1 aromatic rings. The van der Waals surface area contributed by atoms with Gasteiger partial charge in [0.2, 0.25) is 0 Å². The molecule has 2 fully saturated rings. The maximum Gasteiger partial charge on any atom is 0.128 e. The van der Waals surface area contributed by atoms with E-state index in [0.717, 1.165) is 32.0 Å². The highest BCUT2D eigenvalue weighted by Gasteiger charge is 2.28. The fraction of sp³-hybridized carbons (Fsp3) is 0.667. The second-order valence-corrected chi connectivity index (χ2v) is 5.64.